The molecule has 9 heteroatoms. The lowest BCUT2D eigenvalue weighted by molar-refractivity contribution is 0.245. The standard InChI is InChI=1S/C30H34ClFN6O/c1-17-7-5-6-8-19(17)12-21(39)11-18(2)26-23(31)13-22-28(27(26)32)34-30(37-15-20(16-37)36(3)4)35-29(22)38-10-9-33-24-14-25(24)38/h5-8,11-13,20,24-25,33,39H,9-10,14-16H2,1-4H3/b18-11+,21-12+. The molecule has 0 radical (unpaired) electrons. The molecule has 3 fully saturated rings. The highest BCUT2D eigenvalue weighted by atomic mass is 35.5. The Labute approximate surface area is 233 Å². The number of allylic oxidation sites excluding steroid dienone is 2. The van der Waals surface area contributed by atoms with Gasteiger partial charge in [-0.15, -0.1) is 0 Å². The fraction of sp³-hybridized carbons (Fsp3) is 0.400. The summed E-state index contributed by atoms with van der Waals surface area (Å²) in [6.07, 6.45) is 4.27. The van der Waals surface area contributed by atoms with Crippen LogP contribution in [-0.4, -0.2) is 78.4 Å². The van der Waals surface area contributed by atoms with Gasteiger partial charge in [0.15, 0.2) is 5.82 Å². The summed E-state index contributed by atoms with van der Waals surface area (Å²) in [5.74, 6) is 0.820. The molecule has 7 nitrogen and oxygen atoms in total. The number of hydrogen-bond acceptors (Lipinski definition) is 7. The minimum atomic E-state index is -0.494. The van der Waals surface area contributed by atoms with E-state index < -0.39 is 5.82 Å². The Bertz CT molecular complexity index is 1500. The van der Waals surface area contributed by atoms with Crippen LogP contribution < -0.4 is 15.1 Å². The van der Waals surface area contributed by atoms with Crippen molar-refractivity contribution in [1.29, 1.82) is 0 Å². The summed E-state index contributed by atoms with van der Waals surface area (Å²) in [6.45, 7) is 6.98. The Morgan fingerprint density at radius 2 is 2.00 bits per heavy atom. The number of halogens is 2. The summed E-state index contributed by atoms with van der Waals surface area (Å²) >= 11 is 6.74. The van der Waals surface area contributed by atoms with Crippen molar-refractivity contribution in [3.63, 3.8) is 0 Å². The third kappa shape index (κ3) is 4.86. The van der Waals surface area contributed by atoms with Gasteiger partial charge in [-0.3, -0.25) is 0 Å². The van der Waals surface area contributed by atoms with Gasteiger partial charge in [0.25, 0.3) is 0 Å². The lowest BCUT2D eigenvalue weighted by Gasteiger charge is -2.43. The molecular weight excluding hydrogens is 515 g/mol. The van der Waals surface area contributed by atoms with Crippen LogP contribution in [0.1, 0.15) is 30.0 Å². The van der Waals surface area contributed by atoms with Gasteiger partial charge in [-0.2, -0.15) is 4.98 Å². The molecule has 1 aliphatic carbocycles. The summed E-state index contributed by atoms with van der Waals surface area (Å²) in [7, 11) is 4.13. The zero-order chi connectivity index (χ0) is 27.4. The predicted molar refractivity (Wildman–Crippen MR) is 157 cm³/mol. The summed E-state index contributed by atoms with van der Waals surface area (Å²) in [4.78, 5) is 16.3. The molecule has 3 aromatic rings. The molecule has 0 spiro atoms. The molecule has 0 bridgehead atoms. The summed E-state index contributed by atoms with van der Waals surface area (Å²) in [5.41, 5.74) is 2.95. The van der Waals surface area contributed by atoms with Gasteiger partial charge in [0.2, 0.25) is 5.95 Å². The molecule has 2 saturated heterocycles. The number of aryl methyl sites for hydroxylation is 1. The van der Waals surface area contributed by atoms with E-state index in [1.165, 1.54) is 0 Å². The summed E-state index contributed by atoms with van der Waals surface area (Å²) in [6, 6.07) is 10.8. The molecule has 3 aliphatic rings. The first-order chi connectivity index (χ1) is 18.7. The third-order valence-corrected chi connectivity index (χ3v) is 8.46. The number of piperazine rings is 1. The average molecular weight is 549 g/mol. The number of rotatable bonds is 6. The van der Waals surface area contributed by atoms with Gasteiger partial charge in [0, 0.05) is 55.3 Å². The molecule has 2 unspecified atom stereocenters. The Kier molecular flexibility index (Phi) is 6.73. The topological polar surface area (TPSA) is 67.8 Å². The maximum atomic E-state index is 16.4. The van der Waals surface area contributed by atoms with Gasteiger partial charge in [0.05, 0.1) is 5.02 Å². The van der Waals surface area contributed by atoms with Crippen LogP contribution in [0.15, 0.2) is 42.2 Å². The molecule has 39 heavy (non-hydrogen) atoms. The Hall–Kier alpha value is -3.20. The molecular formula is C30H34ClFN6O. The van der Waals surface area contributed by atoms with E-state index in [1.54, 1.807) is 25.1 Å². The van der Waals surface area contributed by atoms with Crippen molar-refractivity contribution < 1.29 is 9.50 Å². The Balaban J connectivity index is 1.44. The maximum Gasteiger partial charge on any atom is 0.228 e. The molecule has 0 amide bonds. The van der Waals surface area contributed by atoms with Gasteiger partial charge in [-0.05, 0) is 69.3 Å². The number of aromatic nitrogens is 2. The van der Waals surface area contributed by atoms with Crippen LogP contribution in [0.4, 0.5) is 16.2 Å². The highest BCUT2D eigenvalue weighted by molar-refractivity contribution is 6.33. The van der Waals surface area contributed by atoms with E-state index in [1.807, 2.05) is 31.2 Å². The lowest BCUT2D eigenvalue weighted by atomic mass is 10.0. The molecule has 2 N–H and O–H groups in total. The minimum Gasteiger partial charge on any atom is -0.508 e. The van der Waals surface area contributed by atoms with Gasteiger partial charge < -0.3 is 25.1 Å². The first-order valence-electron chi connectivity index (χ1n) is 13.5. The smallest absolute Gasteiger partial charge is 0.228 e. The molecule has 2 atom stereocenters. The second kappa shape index (κ2) is 10.1. The minimum absolute atomic E-state index is 0.0253. The zero-order valence-electron chi connectivity index (χ0n) is 22.7. The number of likely N-dealkylation sites (N-methyl/N-ethyl adjacent to an activating group) is 1. The van der Waals surface area contributed by atoms with E-state index in [4.69, 9.17) is 21.6 Å². The monoisotopic (exact) mass is 548 g/mol. The molecule has 2 aliphatic heterocycles. The first kappa shape index (κ1) is 26.0. The van der Waals surface area contributed by atoms with Crippen molar-refractivity contribution in [2.24, 2.45) is 0 Å². The SMILES string of the molecule is C/C(=C\C(O)=C/c1ccccc1C)c1c(Cl)cc2c(N3CCNC4CC43)nc(N3CC(N(C)C)C3)nc2c1F. The predicted octanol–water partition coefficient (Wildman–Crippen LogP) is 5.03. The maximum absolute atomic E-state index is 16.4. The molecule has 3 heterocycles. The Morgan fingerprint density at radius 1 is 1.23 bits per heavy atom. The van der Waals surface area contributed by atoms with Crippen molar-refractivity contribution in [3.8, 4) is 0 Å². The molecule has 6 rings (SSSR count). The normalized spacial score (nSPS) is 21.9. The van der Waals surface area contributed by atoms with Crippen LogP contribution in [0.25, 0.3) is 22.6 Å². The number of benzene rings is 2. The van der Waals surface area contributed by atoms with Crippen molar-refractivity contribution in [3.05, 3.63) is 69.7 Å². The van der Waals surface area contributed by atoms with Crippen molar-refractivity contribution in [1.82, 2.24) is 20.2 Å². The molecule has 1 aromatic heterocycles. The second-order valence-electron chi connectivity index (χ2n) is 11.1. The second-order valence-corrected chi connectivity index (χ2v) is 11.5. The number of nitrogens with one attached hydrogen (secondary N) is 1. The van der Waals surface area contributed by atoms with Crippen LogP contribution in [0.3, 0.4) is 0 Å². The van der Waals surface area contributed by atoms with Gasteiger partial charge >= 0.3 is 0 Å². The third-order valence-electron chi connectivity index (χ3n) is 8.17. The van der Waals surface area contributed by atoms with Crippen molar-refractivity contribution in [2.45, 2.75) is 38.4 Å². The zero-order valence-corrected chi connectivity index (χ0v) is 23.5. The fourth-order valence-electron chi connectivity index (χ4n) is 5.62. The number of nitrogens with zero attached hydrogens (tertiary/aromatic N) is 5. The van der Waals surface area contributed by atoms with Crippen LogP contribution in [0, 0.1) is 12.7 Å². The van der Waals surface area contributed by atoms with E-state index in [0.29, 0.717) is 35.0 Å². The van der Waals surface area contributed by atoms with Crippen molar-refractivity contribution >= 4 is 45.9 Å². The molecule has 2 aromatic carbocycles. The Morgan fingerprint density at radius 3 is 2.74 bits per heavy atom. The number of aliphatic hydroxyl groups excluding tert-OH is 1. The van der Waals surface area contributed by atoms with Crippen LogP contribution in [0.2, 0.25) is 5.02 Å². The quantitative estimate of drug-likeness (QED) is 0.331. The van der Waals surface area contributed by atoms with Gasteiger partial charge in [0.1, 0.15) is 17.1 Å². The summed E-state index contributed by atoms with van der Waals surface area (Å²) in [5, 5.41) is 15.1. The first-order valence-corrected chi connectivity index (χ1v) is 13.8. The number of anilines is 2. The van der Waals surface area contributed by atoms with E-state index in [2.05, 4.69) is 34.1 Å². The van der Waals surface area contributed by atoms with E-state index in [-0.39, 0.29) is 21.9 Å². The largest absolute Gasteiger partial charge is 0.508 e. The van der Waals surface area contributed by atoms with Gasteiger partial charge in [-0.25, -0.2) is 9.37 Å². The number of hydrogen-bond donors (Lipinski definition) is 2. The van der Waals surface area contributed by atoms with Gasteiger partial charge in [-0.1, -0.05) is 35.9 Å². The molecule has 204 valence electrons. The highest BCUT2D eigenvalue weighted by Gasteiger charge is 2.45. The number of aliphatic hydroxyl groups is 1. The van der Waals surface area contributed by atoms with Crippen LogP contribution in [0.5, 0.6) is 0 Å². The molecule has 1 saturated carbocycles. The van der Waals surface area contributed by atoms with Crippen LogP contribution in [-0.2, 0) is 0 Å². The highest BCUT2D eigenvalue weighted by Crippen LogP contribution is 2.41. The van der Waals surface area contributed by atoms with E-state index in [9.17, 15) is 5.11 Å². The summed E-state index contributed by atoms with van der Waals surface area (Å²) < 4.78 is 16.4. The number of fused-ring (bicyclic) bond motifs is 2. The van der Waals surface area contributed by atoms with Crippen molar-refractivity contribution in [2.75, 3.05) is 50.1 Å². The lowest BCUT2D eigenvalue weighted by Crippen LogP contribution is -2.58. The fourth-order valence-corrected chi connectivity index (χ4v) is 5.96. The van der Waals surface area contributed by atoms with E-state index in [0.717, 1.165) is 49.5 Å². The van der Waals surface area contributed by atoms with Crippen LogP contribution >= 0.6 is 11.6 Å². The average Bonchev–Trinajstić information content (AvgIpc) is 3.64. The van der Waals surface area contributed by atoms with E-state index >= 15 is 4.39 Å².